The molecule has 0 atom stereocenters. The van der Waals surface area contributed by atoms with Gasteiger partial charge in [-0.1, -0.05) is 30.3 Å². The second-order valence-corrected chi connectivity index (χ2v) is 7.70. The topological polar surface area (TPSA) is 66.5 Å². The van der Waals surface area contributed by atoms with Gasteiger partial charge in [-0.05, 0) is 43.2 Å². The van der Waals surface area contributed by atoms with Crippen LogP contribution in [-0.2, 0) is 14.8 Å². The van der Waals surface area contributed by atoms with E-state index < -0.39 is 10.0 Å². The van der Waals surface area contributed by atoms with Crippen molar-refractivity contribution in [1.29, 1.82) is 0 Å². The average molecular weight is 346 g/mol. The van der Waals surface area contributed by atoms with E-state index in [1.165, 1.54) is 4.31 Å². The van der Waals surface area contributed by atoms with Crippen LogP contribution >= 0.6 is 0 Å². The van der Waals surface area contributed by atoms with Crippen molar-refractivity contribution in [2.75, 3.05) is 22.4 Å². The molecule has 2 aromatic carbocycles. The lowest BCUT2D eigenvalue weighted by Crippen LogP contribution is -2.33. The quantitative estimate of drug-likeness (QED) is 0.874. The summed E-state index contributed by atoms with van der Waals surface area (Å²) in [5.74, 6) is -0.222. The highest BCUT2D eigenvalue weighted by atomic mass is 32.2. The molecule has 0 radical (unpaired) electrons. The number of aryl methyl sites for hydroxylation is 2. The van der Waals surface area contributed by atoms with E-state index in [1.54, 1.807) is 12.1 Å². The number of para-hydroxylation sites is 1. The van der Waals surface area contributed by atoms with Crippen molar-refractivity contribution in [3.63, 3.8) is 0 Å². The van der Waals surface area contributed by atoms with Crippen molar-refractivity contribution >= 4 is 27.3 Å². The molecule has 5 nitrogen and oxygen atoms in total. The van der Waals surface area contributed by atoms with Crippen molar-refractivity contribution in [2.45, 2.75) is 20.3 Å². The molecule has 0 heterocycles. The Kier molecular flexibility index (Phi) is 5.62. The van der Waals surface area contributed by atoms with Gasteiger partial charge in [0.2, 0.25) is 15.9 Å². The molecule has 0 bridgehead atoms. The maximum atomic E-state index is 12.2. The first kappa shape index (κ1) is 18.0. The van der Waals surface area contributed by atoms with E-state index in [9.17, 15) is 13.2 Å². The highest BCUT2D eigenvalue weighted by Crippen LogP contribution is 2.24. The zero-order valence-corrected chi connectivity index (χ0v) is 14.9. The van der Waals surface area contributed by atoms with Crippen LogP contribution in [0.25, 0.3) is 0 Å². The molecule has 6 heteroatoms. The number of anilines is 2. The summed E-state index contributed by atoms with van der Waals surface area (Å²) in [7, 11) is -3.47. The summed E-state index contributed by atoms with van der Waals surface area (Å²) in [6.45, 7) is 3.87. The monoisotopic (exact) mass is 346 g/mol. The zero-order valence-electron chi connectivity index (χ0n) is 14.1. The predicted octanol–water partition coefficient (Wildman–Crippen LogP) is 3.10. The van der Waals surface area contributed by atoms with Gasteiger partial charge in [0.1, 0.15) is 0 Å². The average Bonchev–Trinajstić information content (AvgIpc) is 2.50. The molecule has 0 aromatic heterocycles. The summed E-state index contributed by atoms with van der Waals surface area (Å²) in [4.78, 5) is 12.1. The Balaban J connectivity index is 2.13. The van der Waals surface area contributed by atoms with E-state index in [1.807, 2.05) is 50.2 Å². The van der Waals surface area contributed by atoms with Gasteiger partial charge in [-0.2, -0.15) is 0 Å². The molecule has 0 unspecified atom stereocenters. The number of amides is 1. The van der Waals surface area contributed by atoms with Crippen LogP contribution in [0.1, 0.15) is 17.5 Å². The molecule has 0 spiro atoms. The lowest BCUT2D eigenvalue weighted by Gasteiger charge is -2.24. The van der Waals surface area contributed by atoms with Crippen LogP contribution in [0.3, 0.4) is 0 Å². The SMILES string of the molecule is Cc1ccc(C)c(N(CCC(=O)Nc2ccccc2)S(C)(=O)=O)c1. The van der Waals surface area contributed by atoms with E-state index in [0.717, 1.165) is 17.4 Å². The van der Waals surface area contributed by atoms with Gasteiger partial charge in [-0.3, -0.25) is 9.10 Å². The number of sulfonamides is 1. The molecule has 1 N–H and O–H groups in total. The van der Waals surface area contributed by atoms with Gasteiger partial charge >= 0.3 is 0 Å². The standard InChI is InChI=1S/C18H22N2O3S/c1-14-9-10-15(2)17(13-14)20(24(3,22)23)12-11-18(21)19-16-7-5-4-6-8-16/h4-10,13H,11-12H2,1-3H3,(H,19,21). The summed E-state index contributed by atoms with van der Waals surface area (Å²) in [6, 6.07) is 14.7. The van der Waals surface area contributed by atoms with Gasteiger partial charge < -0.3 is 5.32 Å². The first-order chi connectivity index (χ1) is 11.3. The fraction of sp³-hybridized carbons (Fsp3) is 0.278. The normalized spacial score (nSPS) is 11.1. The van der Waals surface area contributed by atoms with Crippen molar-refractivity contribution in [3.8, 4) is 0 Å². The van der Waals surface area contributed by atoms with Gasteiger partial charge in [0.15, 0.2) is 0 Å². The van der Waals surface area contributed by atoms with Gasteiger partial charge in [-0.15, -0.1) is 0 Å². The Bertz CT molecular complexity index is 817. The van der Waals surface area contributed by atoms with Crippen molar-refractivity contribution in [1.82, 2.24) is 0 Å². The summed E-state index contributed by atoms with van der Waals surface area (Å²) in [5.41, 5.74) is 3.14. The molecular formula is C18H22N2O3S. The first-order valence-corrected chi connectivity index (χ1v) is 9.52. The van der Waals surface area contributed by atoms with Crippen LogP contribution in [0.5, 0.6) is 0 Å². The van der Waals surface area contributed by atoms with E-state index in [0.29, 0.717) is 11.4 Å². The third kappa shape index (κ3) is 4.83. The molecule has 1 amide bonds. The lowest BCUT2D eigenvalue weighted by molar-refractivity contribution is -0.116. The van der Waals surface area contributed by atoms with Crippen LogP contribution < -0.4 is 9.62 Å². The van der Waals surface area contributed by atoms with Gasteiger partial charge in [0.25, 0.3) is 0 Å². The van der Waals surface area contributed by atoms with Gasteiger partial charge in [0.05, 0.1) is 11.9 Å². The van der Waals surface area contributed by atoms with Crippen LogP contribution in [0.4, 0.5) is 11.4 Å². The molecule has 128 valence electrons. The van der Waals surface area contributed by atoms with E-state index >= 15 is 0 Å². The summed E-state index contributed by atoms with van der Waals surface area (Å²) in [6.07, 6.45) is 1.24. The van der Waals surface area contributed by atoms with Crippen LogP contribution in [0, 0.1) is 13.8 Å². The zero-order chi connectivity index (χ0) is 17.7. The molecule has 0 fully saturated rings. The van der Waals surface area contributed by atoms with Crippen molar-refractivity contribution < 1.29 is 13.2 Å². The second kappa shape index (κ2) is 7.49. The Morgan fingerprint density at radius 1 is 1.08 bits per heavy atom. The smallest absolute Gasteiger partial charge is 0.232 e. The lowest BCUT2D eigenvalue weighted by atomic mass is 10.1. The molecule has 2 rings (SSSR count). The number of benzene rings is 2. The van der Waals surface area contributed by atoms with Crippen LogP contribution in [0.2, 0.25) is 0 Å². The maximum Gasteiger partial charge on any atom is 0.232 e. The second-order valence-electron chi connectivity index (χ2n) is 5.79. The third-order valence-corrected chi connectivity index (χ3v) is 4.81. The minimum absolute atomic E-state index is 0.0787. The fourth-order valence-corrected chi connectivity index (χ4v) is 3.38. The first-order valence-electron chi connectivity index (χ1n) is 7.67. The van der Waals surface area contributed by atoms with Crippen LogP contribution in [-0.4, -0.2) is 27.1 Å². The number of nitrogens with one attached hydrogen (secondary N) is 1. The largest absolute Gasteiger partial charge is 0.326 e. The van der Waals surface area contributed by atoms with E-state index in [4.69, 9.17) is 0 Å². The minimum Gasteiger partial charge on any atom is -0.326 e. The van der Waals surface area contributed by atoms with E-state index in [-0.39, 0.29) is 18.9 Å². The summed E-state index contributed by atoms with van der Waals surface area (Å²) < 4.78 is 25.6. The molecule has 24 heavy (non-hydrogen) atoms. The summed E-state index contributed by atoms with van der Waals surface area (Å²) >= 11 is 0. The molecule has 0 aliphatic carbocycles. The van der Waals surface area contributed by atoms with Gasteiger partial charge in [0, 0.05) is 18.7 Å². The van der Waals surface area contributed by atoms with E-state index in [2.05, 4.69) is 5.32 Å². The maximum absolute atomic E-state index is 12.2. The molecule has 0 aliphatic heterocycles. The highest BCUT2D eigenvalue weighted by Gasteiger charge is 2.20. The molecule has 0 aliphatic rings. The Labute approximate surface area is 143 Å². The fourth-order valence-electron chi connectivity index (χ4n) is 2.40. The van der Waals surface area contributed by atoms with Gasteiger partial charge in [-0.25, -0.2) is 8.42 Å². The number of hydrogen-bond acceptors (Lipinski definition) is 3. The Morgan fingerprint density at radius 2 is 1.75 bits per heavy atom. The summed E-state index contributed by atoms with van der Waals surface area (Å²) in [5, 5.41) is 2.77. The Morgan fingerprint density at radius 3 is 2.38 bits per heavy atom. The number of rotatable bonds is 6. The number of hydrogen-bond donors (Lipinski definition) is 1. The van der Waals surface area contributed by atoms with Crippen molar-refractivity contribution in [3.05, 3.63) is 59.7 Å². The molecule has 0 saturated heterocycles. The Hall–Kier alpha value is -2.34. The van der Waals surface area contributed by atoms with Crippen LogP contribution in [0.15, 0.2) is 48.5 Å². The molecule has 2 aromatic rings. The molecule has 0 saturated carbocycles. The van der Waals surface area contributed by atoms with Crippen molar-refractivity contribution in [2.24, 2.45) is 0 Å². The minimum atomic E-state index is -3.47. The number of carbonyl (C=O) groups is 1. The number of nitrogens with zero attached hydrogens (tertiary/aromatic N) is 1. The number of carbonyl (C=O) groups excluding carboxylic acids is 1. The molecular weight excluding hydrogens is 324 g/mol. The third-order valence-electron chi connectivity index (χ3n) is 3.63. The highest BCUT2D eigenvalue weighted by molar-refractivity contribution is 7.92. The predicted molar refractivity (Wildman–Crippen MR) is 97.8 cm³/mol.